The molecule has 0 saturated carbocycles. The van der Waals surface area contributed by atoms with E-state index in [2.05, 4.69) is 30.2 Å². The lowest BCUT2D eigenvalue weighted by atomic mass is 10.2. The Hall–Kier alpha value is -3.66. The Morgan fingerprint density at radius 1 is 1.24 bits per heavy atom. The summed E-state index contributed by atoms with van der Waals surface area (Å²) < 4.78 is 5.84. The topological polar surface area (TPSA) is 136 Å². The second-order valence-electron chi connectivity index (χ2n) is 8.31. The number of aliphatic imine (C=N–C) groups is 1. The molecule has 1 aromatic carbocycles. The Bertz CT molecular complexity index is 1170. The number of fused-ring (bicyclic) bond motifs is 1. The van der Waals surface area contributed by atoms with Crippen LogP contribution in [0.3, 0.4) is 0 Å². The molecule has 3 heterocycles. The highest BCUT2D eigenvalue weighted by Gasteiger charge is 2.20. The Morgan fingerprint density at radius 3 is 2.82 bits per heavy atom. The number of ether oxygens (including phenoxy) is 1. The average Bonchev–Trinajstić information content (AvgIpc) is 3.16. The van der Waals surface area contributed by atoms with Crippen molar-refractivity contribution in [3.63, 3.8) is 0 Å². The zero-order chi connectivity index (χ0) is 23.9. The van der Waals surface area contributed by atoms with Gasteiger partial charge >= 0.3 is 5.97 Å². The van der Waals surface area contributed by atoms with E-state index in [9.17, 15) is 9.90 Å². The number of hydrogen-bond donors (Lipinski definition) is 4. The van der Waals surface area contributed by atoms with E-state index in [1.54, 1.807) is 6.21 Å². The number of nitrogens with zero attached hydrogens (tertiary/aromatic N) is 4. The van der Waals surface area contributed by atoms with Crippen molar-refractivity contribution < 1.29 is 19.7 Å². The number of anilines is 1. The highest BCUT2D eigenvalue weighted by molar-refractivity contribution is 6.06. The first-order valence-corrected chi connectivity index (χ1v) is 11.5. The molecule has 1 aliphatic rings. The molecule has 0 radical (unpaired) electrons. The third-order valence-electron chi connectivity index (χ3n) is 5.80. The number of aryl methyl sites for hydroxylation is 1. The molecule has 0 atom stereocenters. The molecule has 0 amide bonds. The van der Waals surface area contributed by atoms with Crippen LogP contribution >= 0.6 is 0 Å². The van der Waals surface area contributed by atoms with Gasteiger partial charge in [0.1, 0.15) is 23.5 Å². The van der Waals surface area contributed by atoms with Crippen LogP contribution in [0.15, 0.2) is 29.5 Å². The molecule has 1 saturated heterocycles. The summed E-state index contributed by atoms with van der Waals surface area (Å²) in [5, 5.41) is 23.3. The number of rotatable bonds is 10. The first-order valence-electron chi connectivity index (χ1n) is 11.5. The van der Waals surface area contributed by atoms with Crippen LogP contribution in [-0.2, 0) is 4.79 Å². The van der Waals surface area contributed by atoms with Crippen molar-refractivity contribution in [2.45, 2.75) is 32.6 Å². The van der Waals surface area contributed by atoms with Crippen LogP contribution in [0, 0.1) is 6.92 Å². The number of carboxylic acid groups (broad SMARTS) is 1. The largest absolute Gasteiger partial charge is 0.494 e. The van der Waals surface area contributed by atoms with E-state index in [1.807, 2.05) is 25.1 Å². The fourth-order valence-corrected chi connectivity index (χ4v) is 4.01. The van der Waals surface area contributed by atoms with Gasteiger partial charge in [-0.3, -0.25) is 9.79 Å². The van der Waals surface area contributed by atoms with Crippen molar-refractivity contribution in [1.82, 2.24) is 20.3 Å². The maximum atomic E-state index is 10.6. The number of aromatic hydroxyl groups is 1. The first kappa shape index (κ1) is 23.5. The zero-order valence-corrected chi connectivity index (χ0v) is 19.3. The Balaban J connectivity index is 1.46. The predicted molar refractivity (Wildman–Crippen MR) is 131 cm³/mol. The van der Waals surface area contributed by atoms with E-state index in [0.717, 1.165) is 67.2 Å². The third kappa shape index (κ3) is 5.63. The van der Waals surface area contributed by atoms with Gasteiger partial charge in [0.25, 0.3) is 0 Å². The normalized spacial score (nSPS) is 14.2. The summed E-state index contributed by atoms with van der Waals surface area (Å²) in [6.45, 7) is 5.91. The Labute approximate surface area is 197 Å². The number of nitrogens with one attached hydrogen (secondary N) is 2. The van der Waals surface area contributed by atoms with Gasteiger partial charge in [-0.2, -0.15) is 0 Å². The van der Waals surface area contributed by atoms with Gasteiger partial charge in [-0.1, -0.05) is 0 Å². The number of aliphatic carboxylic acids is 1. The molecule has 0 unspecified atom stereocenters. The molecule has 180 valence electrons. The van der Waals surface area contributed by atoms with Gasteiger partial charge in [-0.15, -0.1) is 0 Å². The SMILES string of the molecule is Cc1cc(N=Cc2c(O)[nH]c3ncnc(N4CCNCC4)c23)ccc1OCCCCCC(=O)O. The number of benzene rings is 1. The highest BCUT2D eigenvalue weighted by atomic mass is 16.5. The van der Waals surface area contributed by atoms with Crippen LogP contribution in [0.1, 0.15) is 36.8 Å². The predicted octanol–water partition coefficient (Wildman–Crippen LogP) is 3.16. The summed E-state index contributed by atoms with van der Waals surface area (Å²) in [4.78, 5) is 29.0. The van der Waals surface area contributed by atoms with Gasteiger partial charge in [-0.25, -0.2) is 9.97 Å². The monoisotopic (exact) mass is 466 g/mol. The molecule has 0 aliphatic carbocycles. The summed E-state index contributed by atoms with van der Waals surface area (Å²) in [5.74, 6) is 0.811. The quantitative estimate of drug-likeness (QED) is 0.264. The van der Waals surface area contributed by atoms with Crippen molar-refractivity contribution >= 4 is 34.7 Å². The highest BCUT2D eigenvalue weighted by Crippen LogP contribution is 2.32. The molecule has 34 heavy (non-hydrogen) atoms. The zero-order valence-electron chi connectivity index (χ0n) is 19.3. The maximum absolute atomic E-state index is 10.6. The molecule has 1 aliphatic heterocycles. The molecule has 10 nitrogen and oxygen atoms in total. The Kier molecular flexibility index (Phi) is 7.58. The lowest BCUT2D eigenvalue weighted by Gasteiger charge is -2.28. The van der Waals surface area contributed by atoms with Crippen LogP contribution in [0.4, 0.5) is 11.5 Å². The van der Waals surface area contributed by atoms with E-state index in [4.69, 9.17) is 9.84 Å². The fraction of sp³-hybridized carbons (Fsp3) is 0.417. The number of aromatic nitrogens is 3. The van der Waals surface area contributed by atoms with Crippen LogP contribution in [0.25, 0.3) is 11.0 Å². The van der Waals surface area contributed by atoms with E-state index in [-0.39, 0.29) is 12.3 Å². The van der Waals surface area contributed by atoms with Crippen molar-refractivity contribution in [2.75, 3.05) is 37.7 Å². The molecular weight excluding hydrogens is 436 g/mol. The molecule has 0 spiro atoms. The Morgan fingerprint density at radius 2 is 2.06 bits per heavy atom. The average molecular weight is 467 g/mol. The molecular formula is C24H30N6O4. The van der Waals surface area contributed by atoms with E-state index >= 15 is 0 Å². The van der Waals surface area contributed by atoms with E-state index in [0.29, 0.717) is 24.2 Å². The number of carbonyl (C=O) groups is 1. The minimum Gasteiger partial charge on any atom is -0.494 e. The van der Waals surface area contributed by atoms with Crippen molar-refractivity contribution in [1.29, 1.82) is 0 Å². The molecule has 2 aromatic heterocycles. The van der Waals surface area contributed by atoms with Gasteiger partial charge < -0.3 is 30.2 Å². The number of aromatic amines is 1. The summed E-state index contributed by atoms with van der Waals surface area (Å²) in [6.07, 6.45) is 5.63. The minimum atomic E-state index is -0.763. The lowest BCUT2D eigenvalue weighted by molar-refractivity contribution is -0.137. The van der Waals surface area contributed by atoms with Crippen LogP contribution < -0.4 is 15.0 Å². The standard InChI is InChI=1S/C24H30N6O4/c1-16-13-17(6-7-19(16)34-12-4-2-3-5-20(31)32)26-14-18-21-22(29-24(18)33)27-15-28-23(21)30-10-8-25-9-11-30/h6-7,13-15,25,33H,2-5,8-12H2,1H3,(H,31,32)(H,27,28,29). The van der Waals surface area contributed by atoms with Crippen LogP contribution in [-0.4, -0.2) is 70.1 Å². The van der Waals surface area contributed by atoms with Gasteiger partial charge in [0.05, 0.1) is 23.2 Å². The number of H-pyrrole nitrogens is 1. The van der Waals surface area contributed by atoms with Crippen molar-refractivity contribution in [3.8, 4) is 11.6 Å². The summed E-state index contributed by atoms with van der Waals surface area (Å²) in [5.41, 5.74) is 2.82. The molecule has 10 heteroatoms. The smallest absolute Gasteiger partial charge is 0.303 e. The van der Waals surface area contributed by atoms with E-state index < -0.39 is 5.97 Å². The van der Waals surface area contributed by atoms with Crippen molar-refractivity contribution in [2.24, 2.45) is 4.99 Å². The van der Waals surface area contributed by atoms with Crippen LogP contribution in [0.5, 0.6) is 11.6 Å². The minimum absolute atomic E-state index is 0.00945. The lowest BCUT2D eigenvalue weighted by Crippen LogP contribution is -2.44. The molecule has 4 rings (SSSR count). The van der Waals surface area contributed by atoms with Gasteiger partial charge in [0.15, 0.2) is 5.88 Å². The maximum Gasteiger partial charge on any atom is 0.303 e. The number of hydrogen-bond acceptors (Lipinski definition) is 8. The molecule has 4 N–H and O–H groups in total. The van der Waals surface area contributed by atoms with Crippen molar-refractivity contribution in [3.05, 3.63) is 35.7 Å². The number of carboxylic acids is 1. The molecule has 3 aromatic rings. The fourth-order valence-electron chi connectivity index (χ4n) is 4.01. The number of unbranched alkanes of at least 4 members (excludes halogenated alkanes) is 2. The van der Waals surface area contributed by atoms with Crippen LogP contribution in [0.2, 0.25) is 0 Å². The summed E-state index contributed by atoms with van der Waals surface area (Å²) >= 11 is 0. The number of piperazine rings is 1. The molecule has 0 bridgehead atoms. The second-order valence-corrected chi connectivity index (χ2v) is 8.31. The van der Waals surface area contributed by atoms with Gasteiger partial charge in [0, 0.05) is 38.8 Å². The first-order chi connectivity index (χ1) is 16.5. The summed E-state index contributed by atoms with van der Waals surface area (Å²) in [7, 11) is 0. The second kappa shape index (κ2) is 11.0. The van der Waals surface area contributed by atoms with Gasteiger partial charge in [0.2, 0.25) is 0 Å². The van der Waals surface area contributed by atoms with E-state index in [1.165, 1.54) is 6.33 Å². The molecule has 1 fully saturated rings. The van der Waals surface area contributed by atoms with Gasteiger partial charge in [-0.05, 0) is 49.9 Å². The summed E-state index contributed by atoms with van der Waals surface area (Å²) in [6, 6.07) is 5.67. The third-order valence-corrected chi connectivity index (χ3v) is 5.80.